The molecule has 1 spiro atoms. The number of amides is 2. The van der Waals surface area contributed by atoms with Crippen molar-refractivity contribution in [1.29, 1.82) is 0 Å². The fraction of sp³-hybridized carbons (Fsp3) is 0.500. The number of likely N-dealkylation sites (tertiary alicyclic amines) is 1. The molecule has 2 fully saturated rings. The Hall–Kier alpha value is -2.83. The summed E-state index contributed by atoms with van der Waals surface area (Å²) in [4.78, 5) is 38.0. The first-order chi connectivity index (χ1) is 14.1. The molecule has 2 amide bonds. The molecule has 2 aromatic rings. The molecule has 7 nitrogen and oxygen atoms in total. The molecular weight excluding hydrogens is 368 g/mol. The Morgan fingerprint density at radius 3 is 2.72 bits per heavy atom. The van der Waals surface area contributed by atoms with Crippen molar-refractivity contribution in [3.63, 3.8) is 0 Å². The van der Waals surface area contributed by atoms with Gasteiger partial charge < -0.3 is 19.5 Å². The minimum absolute atomic E-state index is 0.0110. The standard InChI is InChI=1S/C22H26N4O3/c1-29-17-4-2-3-16(13-17)20(27)25-11-8-22(9-12-25)19-18(23-14-24-19)7-10-26(22)21(28)15-5-6-15/h2-4,13-15H,5-12H2,1H3,(H,23,24). The van der Waals surface area contributed by atoms with Gasteiger partial charge in [-0.15, -0.1) is 0 Å². The topological polar surface area (TPSA) is 78.5 Å². The molecule has 0 atom stereocenters. The Labute approximate surface area is 170 Å². The number of H-pyrrole nitrogens is 1. The number of ether oxygens (including phenoxy) is 1. The highest BCUT2D eigenvalue weighted by molar-refractivity contribution is 5.94. The summed E-state index contributed by atoms with van der Waals surface area (Å²) in [5.41, 5.74) is 2.39. The molecule has 1 N–H and O–H groups in total. The highest BCUT2D eigenvalue weighted by Gasteiger charge is 2.51. The van der Waals surface area contributed by atoms with E-state index in [0.29, 0.717) is 24.4 Å². The molecule has 29 heavy (non-hydrogen) atoms. The monoisotopic (exact) mass is 394 g/mol. The van der Waals surface area contributed by atoms with Gasteiger partial charge in [0.1, 0.15) is 5.75 Å². The fourth-order valence-electron chi connectivity index (χ4n) is 4.87. The highest BCUT2D eigenvalue weighted by atomic mass is 16.5. The number of carbonyl (C=O) groups excluding carboxylic acids is 2. The van der Waals surface area contributed by atoms with Crippen molar-refractivity contribution in [3.05, 3.63) is 47.5 Å². The zero-order chi connectivity index (χ0) is 20.0. The van der Waals surface area contributed by atoms with Crippen LogP contribution in [0, 0.1) is 5.92 Å². The maximum absolute atomic E-state index is 13.1. The Morgan fingerprint density at radius 1 is 1.21 bits per heavy atom. The summed E-state index contributed by atoms with van der Waals surface area (Å²) in [5.74, 6) is 1.14. The van der Waals surface area contributed by atoms with Crippen LogP contribution in [0.4, 0.5) is 0 Å². The van der Waals surface area contributed by atoms with Crippen molar-refractivity contribution in [2.45, 2.75) is 37.6 Å². The van der Waals surface area contributed by atoms with Crippen LogP contribution in [0.5, 0.6) is 5.75 Å². The van der Waals surface area contributed by atoms with Crippen LogP contribution in [0.15, 0.2) is 30.6 Å². The van der Waals surface area contributed by atoms with Gasteiger partial charge in [-0.2, -0.15) is 0 Å². The summed E-state index contributed by atoms with van der Waals surface area (Å²) < 4.78 is 5.25. The van der Waals surface area contributed by atoms with Gasteiger partial charge in [-0.25, -0.2) is 4.98 Å². The minimum atomic E-state index is -0.390. The summed E-state index contributed by atoms with van der Waals surface area (Å²) in [6.45, 7) is 1.95. The molecule has 7 heteroatoms. The number of nitrogens with zero attached hydrogens (tertiary/aromatic N) is 3. The van der Waals surface area contributed by atoms with Crippen LogP contribution in [-0.4, -0.2) is 58.3 Å². The number of carbonyl (C=O) groups is 2. The predicted octanol–water partition coefficient (Wildman–Crippen LogP) is 2.34. The maximum atomic E-state index is 13.1. The number of piperidine rings is 1. The summed E-state index contributed by atoms with van der Waals surface area (Å²) in [7, 11) is 1.60. The van der Waals surface area contributed by atoms with Crippen LogP contribution in [0.2, 0.25) is 0 Å². The summed E-state index contributed by atoms with van der Waals surface area (Å²) >= 11 is 0. The van der Waals surface area contributed by atoms with Crippen molar-refractivity contribution < 1.29 is 14.3 Å². The molecule has 0 unspecified atom stereocenters. The van der Waals surface area contributed by atoms with E-state index in [1.54, 1.807) is 19.5 Å². The van der Waals surface area contributed by atoms with Gasteiger partial charge >= 0.3 is 0 Å². The van der Waals surface area contributed by atoms with Crippen LogP contribution in [0.1, 0.15) is 47.4 Å². The first-order valence-electron chi connectivity index (χ1n) is 10.4. The van der Waals surface area contributed by atoms with Crippen LogP contribution >= 0.6 is 0 Å². The van der Waals surface area contributed by atoms with Gasteiger partial charge in [0.05, 0.1) is 24.7 Å². The SMILES string of the molecule is COc1cccc(C(=O)N2CCC3(CC2)c2nc[nH]c2CCN3C(=O)C2CC2)c1. The van der Waals surface area contributed by atoms with E-state index in [-0.39, 0.29) is 17.7 Å². The molecule has 0 bridgehead atoms. The number of aromatic nitrogens is 2. The highest BCUT2D eigenvalue weighted by Crippen LogP contribution is 2.45. The van der Waals surface area contributed by atoms with Gasteiger partial charge in [-0.1, -0.05) is 6.07 Å². The first kappa shape index (κ1) is 18.2. The van der Waals surface area contributed by atoms with E-state index in [2.05, 4.69) is 14.9 Å². The maximum Gasteiger partial charge on any atom is 0.253 e. The average molecular weight is 394 g/mol. The molecular formula is C22H26N4O3. The minimum Gasteiger partial charge on any atom is -0.497 e. The van der Waals surface area contributed by atoms with Gasteiger partial charge in [0.15, 0.2) is 0 Å². The van der Waals surface area contributed by atoms with E-state index in [9.17, 15) is 9.59 Å². The predicted molar refractivity (Wildman–Crippen MR) is 107 cm³/mol. The zero-order valence-corrected chi connectivity index (χ0v) is 16.7. The number of benzene rings is 1. The molecule has 3 aliphatic rings. The molecule has 1 saturated carbocycles. The number of fused-ring (bicyclic) bond motifs is 2. The third-order valence-electron chi connectivity index (χ3n) is 6.65. The third kappa shape index (κ3) is 2.99. The quantitative estimate of drug-likeness (QED) is 0.867. The Bertz CT molecular complexity index is 941. The van der Waals surface area contributed by atoms with E-state index in [1.807, 2.05) is 23.1 Å². The summed E-state index contributed by atoms with van der Waals surface area (Å²) in [6, 6.07) is 7.28. The summed E-state index contributed by atoms with van der Waals surface area (Å²) in [5, 5.41) is 0. The second kappa shape index (κ2) is 6.90. The number of methoxy groups -OCH3 is 1. The molecule has 152 valence electrons. The van der Waals surface area contributed by atoms with Crippen molar-refractivity contribution in [2.24, 2.45) is 5.92 Å². The zero-order valence-electron chi connectivity index (χ0n) is 16.7. The Morgan fingerprint density at radius 2 is 2.00 bits per heavy atom. The van der Waals surface area contributed by atoms with Gasteiger partial charge in [-0.3, -0.25) is 9.59 Å². The van der Waals surface area contributed by atoms with Crippen molar-refractivity contribution in [3.8, 4) is 5.75 Å². The molecule has 3 heterocycles. The number of rotatable bonds is 3. The Kier molecular flexibility index (Phi) is 4.33. The summed E-state index contributed by atoms with van der Waals surface area (Å²) in [6.07, 6.45) is 6.00. The van der Waals surface area contributed by atoms with Crippen LogP contribution in [0.3, 0.4) is 0 Å². The molecule has 1 aromatic carbocycles. The lowest BCUT2D eigenvalue weighted by Gasteiger charge is -2.50. The van der Waals surface area contributed by atoms with Gasteiger partial charge in [-0.05, 0) is 43.9 Å². The largest absolute Gasteiger partial charge is 0.497 e. The smallest absolute Gasteiger partial charge is 0.253 e. The number of imidazole rings is 1. The van der Waals surface area contributed by atoms with Crippen molar-refractivity contribution in [2.75, 3.05) is 26.7 Å². The fourth-order valence-corrected chi connectivity index (χ4v) is 4.87. The van der Waals surface area contributed by atoms with E-state index < -0.39 is 5.54 Å². The lowest BCUT2D eigenvalue weighted by atomic mass is 9.78. The first-order valence-corrected chi connectivity index (χ1v) is 10.4. The lowest BCUT2D eigenvalue weighted by molar-refractivity contribution is -0.143. The normalized spacial score (nSPS) is 20.4. The van der Waals surface area contributed by atoms with E-state index in [4.69, 9.17) is 4.74 Å². The van der Waals surface area contributed by atoms with Gasteiger partial charge in [0.2, 0.25) is 5.91 Å². The van der Waals surface area contributed by atoms with Gasteiger partial charge in [0, 0.05) is 43.2 Å². The number of hydrogen-bond donors (Lipinski definition) is 1. The molecule has 1 saturated heterocycles. The lowest BCUT2D eigenvalue weighted by Crippen LogP contribution is -2.59. The van der Waals surface area contributed by atoms with Crippen molar-refractivity contribution >= 4 is 11.8 Å². The third-order valence-corrected chi connectivity index (χ3v) is 6.65. The second-order valence-corrected chi connectivity index (χ2v) is 8.30. The number of nitrogens with one attached hydrogen (secondary N) is 1. The molecule has 5 rings (SSSR count). The molecule has 1 aliphatic carbocycles. The van der Waals surface area contributed by atoms with Gasteiger partial charge in [0.25, 0.3) is 5.91 Å². The van der Waals surface area contributed by atoms with E-state index >= 15 is 0 Å². The van der Waals surface area contributed by atoms with Crippen LogP contribution < -0.4 is 4.74 Å². The average Bonchev–Trinajstić information content (AvgIpc) is 3.50. The van der Waals surface area contributed by atoms with E-state index in [0.717, 1.165) is 50.0 Å². The van der Waals surface area contributed by atoms with Crippen LogP contribution in [0.25, 0.3) is 0 Å². The number of hydrogen-bond acceptors (Lipinski definition) is 4. The molecule has 1 aromatic heterocycles. The molecule has 0 radical (unpaired) electrons. The molecule has 2 aliphatic heterocycles. The van der Waals surface area contributed by atoms with Crippen molar-refractivity contribution in [1.82, 2.24) is 19.8 Å². The van der Waals surface area contributed by atoms with Crippen LogP contribution in [-0.2, 0) is 16.8 Å². The second-order valence-electron chi connectivity index (χ2n) is 8.30. The Balaban J connectivity index is 1.39. The number of aromatic amines is 1. The van der Waals surface area contributed by atoms with E-state index in [1.165, 1.54) is 0 Å².